The van der Waals surface area contributed by atoms with Crippen LogP contribution in [0.1, 0.15) is 16.5 Å². The largest absolute Gasteiger partial charge is 0.324 e. The standard InChI is InChI=1S/C12H11BrClNS/c13-8-5-9(16-7-8)6-12(15)10-3-1-2-4-11(10)14/h1-5,7,12H,6,15H2. The molecular formula is C12H11BrClNS. The number of rotatable bonds is 3. The van der Waals surface area contributed by atoms with E-state index in [0.29, 0.717) is 0 Å². The molecule has 0 fully saturated rings. The number of hydrogen-bond acceptors (Lipinski definition) is 2. The van der Waals surface area contributed by atoms with Gasteiger partial charge in [-0.05, 0) is 33.6 Å². The van der Waals surface area contributed by atoms with Crippen molar-refractivity contribution in [1.82, 2.24) is 0 Å². The molecule has 0 bridgehead atoms. The Hall–Kier alpha value is -0.350. The molecule has 0 amide bonds. The van der Waals surface area contributed by atoms with Crippen LogP contribution in [0.3, 0.4) is 0 Å². The average Bonchev–Trinajstić information content (AvgIpc) is 2.64. The third-order valence-electron chi connectivity index (χ3n) is 2.35. The highest BCUT2D eigenvalue weighted by atomic mass is 79.9. The van der Waals surface area contributed by atoms with Crippen LogP contribution in [0.25, 0.3) is 0 Å². The molecule has 16 heavy (non-hydrogen) atoms. The van der Waals surface area contributed by atoms with Crippen LogP contribution in [-0.4, -0.2) is 0 Å². The van der Waals surface area contributed by atoms with E-state index in [1.165, 1.54) is 4.88 Å². The number of halogens is 2. The van der Waals surface area contributed by atoms with E-state index in [1.807, 2.05) is 24.3 Å². The van der Waals surface area contributed by atoms with Crippen molar-refractivity contribution in [2.75, 3.05) is 0 Å². The first-order valence-corrected chi connectivity index (χ1v) is 6.95. The first kappa shape index (κ1) is 12.1. The third kappa shape index (κ3) is 2.86. The Kier molecular flexibility index (Phi) is 4.03. The van der Waals surface area contributed by atoms with Gasteiger partial charge in [0.15, 0.2) is 0 Å². The minimum atomic E-state index is -0.0424. The van der Waals surface area contributed by atoms with Crippen LogP contribution in [0.5, 0.6) is 0 Å². The fourth-order valence-electron chi connectivity index (χ4n) is 1.56. The highest BCUT2D eigenvalue weighted by Crippen LogP contribution is 2.27. The number of hydrogen-bond donors (Lipinski definition) is 1. The number of benzene rings is 1. The Balaban J connectivity index is 2.14. The van der Waals surface area contributed by atoms with Crippen molar-refractivity contribution in [2.24, 2.45) is 5.73 Å². The van der Waals surface area contributed by atoms with E-state index in [9.17, 15) is 0 Å². The molecule has 0 saturated carbocycles. The molecule has 2 N–H and O–H groups in total. The van der Waals surface area contributed by atoms with E-state index in [-0.39, 0.29) is 6.04 Å². The molecule has 84 valence electrons. The zero-order chi connectivity index (χ0) is 11.5. The van der Waals surface area contributed by atoms with Crippen molar-refractivity contribution < 1.29 is 0 Å². The summed E-state index contributed by atoms with van der Waals surface area (Å²) in [5.74, 6) is 0. The van der Waals surface area contributed by atoms with Gasteiger partial charge in [-0.25, -0.2) is 0 Å². The van der Waals surface area contributed by atoms with Gasteiger partial charge in [0.2, 0.25) is 0 Å². The van der Waals surface area contributed by atoms with Gasteiger partial charge in [0.1, 0.15) is 0 Å². The minimum absolute atomic E-state index is 0.0424. The van der Waals surface area contributed by atoms with Gasteiger partial charge in [-0.2, -0.15) is 0 Å². The molecular weight excluding hydrogens is 306 g/mol. The molecule has 0 aliphatic carbocycles. The van der Waals surface area contributed by atoms with Crippen LogP contribution in [0, 0.1) is 0 Å². The Bertz CT molecular complexity index is 483. The van der Waals surface area contributed by atoms with Crippen LogP contribution in [0.15, 0.2) is 40.2 Å². The molecule has 0 radical (unpaired) electrons. The van der Waals surface area contributed by atoms with E-state index in [2.05, 4.69) is 27.4 Å². The van der Waals surface area contributed by atoms with Crippen molar-refractivity contribution in [3.8, 4) is 0 Å². The molecule has 4 heteroatoms. The summed E-state index contributed by atoms with van der Waals surface area (Å²) in [4.78, 5) is 1.26. The second kappa shape index (κ2) is 5.32. The lowest BCUT2D eigenvalue weighted by atomic mass is 10.0. The second-order valence-electron chi connectivity index (χ2n) is 3.56. The molecule has 0 aliphatic rings. The maximum absolute atomic E-state index is 6.14. The Labute approximate surface area is 112 Å². The van der Waals surface area contributed by atoms with Gasteiger partial charge in [-0.15, -0.1) is 11.3 Å². The van der Waals surface area contributed by atoms with Gasteiger partial charge in [0.25, 0.3) is 0 Å². The van der Waals surface area contributed by atoms with Crippen molar-refractivity contribution in [3.63, 3.8) is 0 Å². The molecule has 1 aromatic heterocycles. The lowest BCUT2D eigenvalue weighted by molar-refractivity contribution is 0.730. The van der Waals surface area contributed by atoms with Crippen LogP contribution < -0.4 is 5.73 Å². The van der Waals surface area contributed by atoms with Crippen LogP contribution >= 0.6 is 38.9 Å². The summed E-state index contributed by atoms with van der Waals surface area (Å²) in [6.07, 6.45) is 0.819. The monoisotopic (exact) mass is 315 g/mol. The summed E-state index contributed by atoms with van der Waals surface area (Å²) in [6, 6.07) is 9.79. The predicted molar refractivity (Wildman–Crippen MR) is 74.1 cm³/mol. The van der Waals surface area contributed by atoms with E-state index in [1.54, 1.807) is 11.3 Å². The van der Waals surface area contributed by atoms with Crippen LogP contribution in [0.4, 0.5) is 0 Å². The molecule has 0 spiro atoms. The quantitative estimate of drug-likeness (QED) is 0.892. The van der Waals surface area contributed by atoms with Crippen molar-refractivity contribution in [1.29, 1.82) is 0 Å². The highest BCUT2D eigenvalue weighted by molar-refractivity contribution is 9.10. The van der Waals surface area contributed by atoms with Gasteiger partial charge in [0.05, 0.1) is 0 Å². The first-order chi connectivity index (χ1) is 7.66. The minimum Gasteiger partial charge on any atom is -0.324 e. The maximum Gasteiger partial charge on any atom is 0.0453 e. The molecule has 0 saturated heterocycles. The van der Waals surface area contributed by atoms with Gasteiger partial charge in [-0.1, -0.05) is 29.8 Å². The fourth-order valence-corrected chi connectivity index (χ4v) is 3.35. The maximum atomic E-state index is 6.14. The average molecular weight is 317 g/mol. The molecule has 1 unspecified atom stereocenters. The second-order valence-corrected chi connectivity index (χ2v) is 5.88. The van der Waals surface area contributed by atoms with Crippen LogP contribution in [0.2, 0.25) is 5.02 Å². The van der Waals surface area contributed by atoms with Gasteiger partial charge >= 0.3 is 0 Å². The predicted octanol–water partition coefficient (Wildman–Crippen LogP) is 4.41. The summed E-state index contributed by atoms with van der Waals surface area (Å²) >= 11 is 11.2. The van der Waals surface area contributed by atoms with E-state index < -0.39 is 0 Å². The summed E-state index contributed by atoms with van der Waals surface area (Å²) in [7, 11) is 0. The molecule has 0 aliphatic heterocycles. The van der Waals surface area contributed by atoms with E-state index >= 15 is 0 Å². The SMILES string of the molecule is NC(Cc1cc(Br)cs1)c1ccccc1Cl. The van der Waals surface area contributed by atoms with Crippen molar-refractivity contribution in [3.05, 3.63) is 55.6 Å². The Morgan fingerprint density at radius 1 is 1.38 bits per heavy atom. The molecule has 2 aromatic rings. The fraction of sp³-hybridized carbons (Fsp3) is 0.167. The summed E-state index contributed by atoms with van der Waals surface area (Å²) in [6.45, 7) is 0. The summed E-state index contributed by atoms with van der Waals surface area (Å²) in [5.41, 5.74) is 7.15. The smallest absolute Gasteiger partial charge is 0.0453 e. The first-order valence-electron chi connectivity index (χ1n) is 4.89. The van der Waals surface area contributed by atoms with E-state index in [4.69, 9.17) is 17.3 Å². The van der Waals surface area contributed by atoms with Crippen molar-refractivity contribution in [2.45, 2.75) is 12.5 Å². The van der Waals surface area contributed by atoms with Gasteiger partial charge in [0, 0.05) is 32.2 Å². The molecule has 1 nitrogen and oxygen atoms in total. The zero-order valence-corrected chi connectivity index (χ0v) is 11.6. The Morgan fingerprint density at radius 3 is 2.75 bits per heavy atom. The van der Waals surface area contributed by atoms with Gasteiger partial charge in [-0.3, -0.25) is 0 Å². The molecule has 1 heterocycles. The molecule has 1 atom stereocenters. The van der Waals surface area contributed by atoms with Crippen LogP contribution in [-0.2, 0) is 6.42 Å². The summed E-state index contributed by atoms with van der Waals surface area (Å²) < 4.78 is 1.11. The lowest BCUT2D eigenvalue weighted by Gasteiger charge is -2.12. The summed E-state index contributed by atoms with van der Waals surface area (Å²) in [5, 5.41) is 2.81. The van der Waals surface area contributed by atoms with Gasteiger partial charge < -0.3 is 5.73 Å². The number of thiophene rings is 1. The molecule has 2 rings (SSSR count). The lowest BCUT2D eigenvalue weighted by Crippen LogP contribution is -2.13. The van der Waals surface area contributed by atoms with Crippen molar-refractivity contribution >= 4 is 38.9 Å². The topological polar surface area (TPSA) is 26.0 Å². The third-order valence-corrected chi connectivity index (χ3v) is 4.41. The van der Waals surface area contributed by atoms with E-state index in [0.717, 1.165) is 21.5 Å². The zero-order valence-electron chi connectivity index (χ0n) is 8.49. The number of nitrogens with two attached hydrogens (primary N) is 1. The highest BCUT2D eigenvalue weighted by Gasteiger charge is 2.11. The Morgan fingerprint density at radius 2 is 2.12 bits per heavy atom. The molecule has 1 aromatic carbocycles. The normalized spacial score (nSPS) is 12.7.